The van der Waals surface area contributed by atoms with Crippen LogP contribution in [0.4, 0.5) is 0 Å². The molecule has 0 aromatic carbocycles. The van der Waals surface area contributed by atoms with E-state index in [0.717, 1.165) is 32.7 Å². The topological polar surface area (TPSA) is 50.1 Å². The highest BCUT2D eigenvalue weighted by Crippen LogP contribution is 2.09. The molecule has 0 amide bonds. The van der Waals surface area contributed by atoms with Crippen molar-refractivity contribution in [3.8, 4) is 0 Å². The van der Waals surface area contributed by atoms with Gasteiger partial charge in [0.25, 0.3) is 0 Å². The summed E-state index contributed by atoms with van der Waals surface area (Å²) in [6.07, 6.45) is 24.1. The summed E-state index contributed by atoms with van der Waals surface area (Å²) in [5, 5.41) is 6.78. The molecule has 3 nitrogen and oxygen atoms in total. The molecule has 0 unspecified atom stereocenters. The Kier molecular flexibility index (Phi) is 23.3. The van der Waals surface area contributed by atoms with E-state index in [2.05, 4.69) is 29.7 Å². The molecule has 4 N–H and O–H groups in total. The van der Waals surface area contributed by atoms with Crippen molar-refractivity contribution in [3.05, 3.63) is 12.2 Å². The molecule has 0 radical (unpaired) electrons. The zero-order valence-corrected chi connectivity index (χ0v) is 17.2. The molecule has 150 valence electrons. The quantitative estimate of drug-likeness (QED) is 0.197. The van der Waals surface area contributed by atoms with E-state index in [1.165, 1.54) is 89.9 Å². The number of hydrogen-bond donors (Lipinski definition) is 3. The fourth-order valence-corrected chi connectivity index (χ4v) is 3.03. The number of hydrogen-bond acceptors (Lipinski definition) is 3. The molecule has 0 spiro atoms. The summed E-state index contributed by atoms with van der Waals surface area (Å²) in [5.74, 6) is 0. The van der Waals surface area contributed by atoms with Crippen molar-refractivity contribution in [3.63, 3.8) is 0 Å². The molecule has 0 saturated carbocycles. The van der Waals surface area contributed by atoms with Crippen LogP contribution in [-0.4, -0.2) is 32.7 Å². The molecular formula is C22H47N3. The van der Waals surface area contributed by atoms with E-state index in [1.807, 2.05) is 0 Å². The lowest BCUT2D eigenvalue weighted by Crippen LogP contribution is -2.31. The third-order valence-electron chi connectivity index (χ3n) is 4.67. The van der Waals surface area contributed by atoms with Gasteiger partial charge in [-0.05, 0) is 38.6 Å². The molecule has 0 aromatic heterocycles. The minimum absolute atomic E-state index is 0.731. The van der Waals surface area contributed by atoms with Crippen LogP contribution in [0, 0.1) is 0 Å². The lowest BCUT2D eigenvalue weighted by molar-refractivity contribution is 0.555. The van der Waals surface area contributed by atoms with Crippen LogP contribution in [0.1, 0.15) is 96.8 Å². The molecule has 0 aromatic rings. The first-order chi connectivity index (χ1) is 12.4. The number of nitrogens with one attached hydrogen (secondary N) is 2. The highest BCUT2D eigenvalue weighted by atomic mass is 14.9. The van der Waals surface area contributed by atoms with E-state index in [9.17, 15) is 0 Å². The van der Waals surface area contributed by atoms with Crippen molar-refractivity contribution >= 4 is 0 Å². The molecule has 0 rings (SSSR count). The fraction of sp³-hybridized carbons (Fsp3) is 0.909. The van der Waals surface area contributed by atoms with Crippen molar-refractivity contribution in [1.82, 2.24) is 10.6 Å². The van der Waals surface area contributed by atoms with Gasteiger partial charge in [0.15, 0.2) is 0 Å². The van der Waals surface area contributed by atoms with Crippen molar-refractivity contribution in [1.29, 1.82) is 0 Å². The van der Waals surface area contributed by atoms with Crippen LogP contribution < -0.4 is 16.4 Å². The van der Waals surface area contributed by atoms with E-state index in [4.69, 9.17) is 5.73 Å². The lowest BCUT2D eigenvalue weighted by Gasteiger charge is -2.05. The largest absolute Gasteiger partial charge is 0.329 e. The Morgan fingerprint density at radius 1 is 0.560 bits per heavy atom. The van der Waals surface area contributed by atoms with E-state index >= 15 is 0 Å². The SMILES string of the molecule is CCCCCCCC/C=C\CCCCCCCCNCCNCCN. The van der Waals surface area contributed by atoms with Crippen LogP contribution in [-0.2, 0) is 0 Å². The van der Waals surface area contributed by atoms with Crippen LogP contribution >= 0.6 is 0 Å². The zero-order valence-electron chi connectivity index (χ0n) is 17.2. The van der Waals surface area contributed by atoms with Crippen LogP contribution in [0.2, 0.25) is 0 Å². The first kappa shape index (κ1) is 24.6. The summed E-state index contributed by atoms with van der Waals surface area (Å²) in [5.41, 5.74) is 5.43. The maximum atomic E-state index is 5.43. The third-order valence-corrected chi connectivity index (χ3v) is 4.67. The van der Waals surface area contributed by atoms with Gasteiger partial charge in [-0.15, -0.1) is 0 Å². The maximum Gasteiger partial charge on any atom is 0.00772 e. The highest BCUT2D eigenvalue weighted by Gasteiger charge is 1.92. The minimum atomic E-state index is 0.731. The summed E-state index contributed by atoms with van der Waals surface area (Å²) >= 11 is 0. The summed E-state index contributed by atoms with van der Waals surface area (Å²) in [4.78, 5) is 0. The fourth-order valence-electron chi connectivity index (χ4n) is 3.03. The lowest BCUT2D eigenvalue weighted by atomic mass is 10.1. The van der Waals surface area contributed by atoms with Gasteiger partial charge in [-0.2, -0.15) is 0 Å². The van der Waals surface area contributed by atoms with E-state index < -0.39 is 0 Å². The van der Waals surface area contributed by atoms with Crippen LogP contribution in [0.5, 0.6) is 0 Å². The Morgan fingerprint density at radius 2 is 1.04 bits per heavy atom. The molecule has 25 heavy (non-hydrogen) atoms. The second-order valence-electron chi connectivity index (χ2n) is 7.23. The van der Waals surface area contributed by atoms with Gasteiger partial charge in [0.05, 0.1) is 0 Å². The van der Waals surface area contributed by atoms with Crippen molar-refractivity contribution in [2.75, 3.05) is 32.7 Å². The molecule has 0 atom stereocenters. The molecule has 0 aliphatic rings. The van der Waals surface area contributed by atoms with E-state index in [1.54, 1.807) is 0 Å². The smallest absolute Gasteiger partial charge is 0.00772 e. The van der Waals surface area contributed by atoms with Crippen LogP contribution in [0.3, 0.4) is 0 Å². The third kappa shape index (κ3) is 23.6. The van der Waals surface area contributed by atoms with Crippen molar-refractivity contribution < 1.29 is 0 Å². The molecular weight excluding hydrogens is 306 g/mol. The molecule has 0 heterocycles. The zero-order chi connectivity index (χ0) is 18.3. The first-order valence-corrected chi connectivity index (χ1v) is 11.2. The standard InChI is InChI=1S/C22H47N3/c1-2-3-4-5-6-7-8-9-10-11-12-13-14-15-16-17-19-24-21-22-25-20-18-23/h9-10,24-25H,2-8,11-23H2,1H3/b10-9-. The van der Waals surface area contributed by atoms with Gasteiger partial charge in [-0.3, -0.25) is 0 Å². The number of unbranched alkanes of at least 4 members (excludes halogenated alkanes) is 12. The average Bonchev–Trinajstić information content (AvgIpc) is 2.63. The summed E-state index contributed by atoms with van der Waals surface area (Å²) in [7, 11) is 0. The first-order valence-electron chi connectivity index (χ1n) is 11.2. The van der Waals surface area contributed by atoms with Gasteiger partial charge in [-0.1, -0.05) is 76.9 Å². The normalized spacial score (nSPS) is 11.6. The number of allylic oxidation sites excluding steroid dienone is 2. The second kappa shape index (κ2) is 23.6. The van der Waals surface area contributed by atoms with Gasteiger partial charge in [0, 0.05) is 26.2 Å². The van der Waals surface area contributed by atoms with Crippen molar-refractivity contribution in [2.45, 2.75) is 96.8 Å². The predicted octanol–water partition coefficient (Wildman–Crippen LogP) is 5.16. The van der Waals surface area contributed by atoms with Gasteiger partial charge in [-0.25, -0.2) is 0 Å². The molecule has 0 saturated heterocycles. The molecule has 3 heteroatoms. The van der Waals surface area contributed by atoms with Gasteiger partial charge < -0.3 is 16.4 Å². The minimum Gasteiger partial charge on any atom is -0.329 e. The maximum absolute atomic E-state index is 5.43. The molecule has 0 aliphatic carbocycles. The molecule has 0 bridgehead atoms. The van der Waals surface area contributed by atoms with E-state index in [-0.39, 0.29) is 0 Å². The second-order valence-corrected chi connectivity index (χ2v) is 7.23. The monoisotopic (exact) mass is 353 g/mol. The average molecular weight is 354 g/mol. The number of nitrogens with two attached hydrogens (primary N) is 1. The Hall–Kier alpha value is -0.380. The summed E-state index contributed by atoms with van der Waals surface area (Å²) in [6, 6.07) is 0. The summed E-state index contributed by atoms with van der Waals surface area (Å²) in [6.45, 7) is 7.19. The Balaban J connectivity index is 3.03. The molecule has 0 aliphatic heterocycles. The highest BCUT2D eigenvalue weighted by molar-refractivity contribution is 4.81. The van der Waals surface area contributed by atoms with Gasteiger partial charge in [0.1, 0.15) is 0 Å². The molecule has 0 fully saturated rings. The summed E-state index contributed by atoms with van der Waals surface area (Å²) < 4.78 is 0. The Bertz CT molecular complexity index is 254. The van der Waals surface area contributed by atoms with Crippen LogP contribution in [0.15, 0.2) is 12.2 Å². The van der Waals surface area contributed by atoms with Crippen molar-refractivity contribution in [2.24, 2.45) is 5.73 Å². The predicted molar refractivity (Wildman–Crippen MR) is 114 cm³/mol. The number of rotatable bonds is 21. The van der Waals surface area contributed by atoms with Gasteiger partial charge in [0.2, 0.25) is 0 Å². The van der Waals surface area contributed by atoms with E-state index in [0.29, 0.717) is 0 Å². The Morgan fingerprint density at radius 3 is 1.60 bits per heavy atom. The Labute approximate surface area is 158 Å². The van der Waals surface area contributed by atoms with Gasteiger partial charge >= 0.3 is 0 Å². The van der Waals surface area contributed by atoms with Crippen LogP contribution in [0.25, 0.3) is 0 Å².